The van der Waals surface area contributed by atoms with Gasteiger partial charge in [-0.3, -0.25) is 4.90 Å². The third-order valence-electron chi connectivity index (χ3n) is 6.26. The summed E-state index contributed by atoms with van der Waals surface area (Å²) in [5.74, 6) is 0.178. The molecule has 0 spiro atoms. The minimum absolute atomic E-state index is 0.131. The van der Waals surface area contributed by atoms with E-state index in [-0.39, 0.29) is 11.7 Å². The highest BCUT2D eigenvalue weighted by atomic mass is 19.1. The summed E-state index contributed by atoms with van der Waals surface area (Å²) in [6, 6.07) is 2.42. The van der Waals surface area contributed by atoms with Gasteiger partial charge < -0.3 is 19.9 Å². The Labute approximate surface area is 186 Å². The second-order valence-electron chi connectivity index (χ2n) is 8.93. The number of rotatable bonds is 2. The van der Waals surface area contributed by atoms with Crippen molar-refractivity contribution in [2.45, 2.75) is 46.2 Å². The summed E-state index contributed by atoms with van der Waals surface area (Å²) in [7, 11) is 0. The molecule has 9 heteroatoms. The van der Waals surface area contributed by atoms with Crippen molar-refractivity contribution >= 4 is 28.9 Å². The number of aromatic nitrogens is 3. The molecule has 168 valence electrons. The van der Waals surface area contributed by atoms with Crippen LogP contribution in [-0.2, 0) is 6.42 Å². The van der Waals surface area contributed by atoms with Gasteiger partial charge in [0.15, 0.2) is 5.82 Å². The average Bonchev–Trinajstić information content (AvgIpc) is 3.34. The van der Waals surface area contributed by atoms with Crippen molar-refractivity contribution in [2.75, 3.05) is 34.8 Å². The molecule has 0 radical (unpaired) electrons. The fourth-order valence-corrected chi connectivity index (χ4v) is 4.95. The number of amides is 2. The Hall–Kier alpha value is -3.20. The molecular formula is C23H28FN7O. The van der Waals surface area contributed by atoms with E-state index in [0.29, 0.717) is 35.7 Å². The molecule has 0 bridgehead atoms. The fourth-order valence-electron chi connectivity index (χ4n) is 4.95. The molecule has 0 aromatic carbocycles. The summed E-state index contributed by atoms with van der Waals surface area (Å²) >= 11 is 0. The maximum Gasteiger partial charge on any atom is 0.327 e. The molecule has 8 nitrogen and oxygen atoms in total. The monoisotopic (exact) mass is 437 g/mol. The lowest BCUT2D eigenvalue weighted by Gasteiger charge is -2.38. The number of imidazole rings is 1. The van der Waals surface area contributed by atoms with Crippen molar-refractivity contribution < 1.29 is 9.18 Å². The third kappa shape index (κ3) is 3.46. The number of halogens is 1. The van der Waals surface area contributed by atoms with Crippen LogP contribution >= 0.6 is 0 Å². The van der Waals surface area contributed by atoms with Crippen LogP contribution in [0.2, 0.25) is 0 Å². The van der Waals surface area contributed by atoms with E-state index in [9.17, 15) is 9.18 Å². The lowest BCUT2D eigenvalue weighted by Crippen LogP contribution is -2.54. The number of fused-ring (bicyclic) bond motifs is 2. The van der Waals surface area contributed by atoms with E-state index in [1.165, 1.54) is 0 Å². The first-order valence-electron chi connectivity index (χ1n) is 11.0. The Bertz CT molecular complexity index is 1200. The Morgan fingerprint density at radius 3 is 2.72 bits per heavy atom. The van der Waals surface area contributed by atoms with E-state index in [0.717, 1.165) is 36.5 Å². The second kappa shape index (κ2) is 7.74. The number of nitrogens with one attached hydrogen (secondary N) is 2. The first-order chi connectivity index (χ1) is 15.3. The lowest BCUT2D eigenvalue weighted by molar-refractivity contribution is 0.257. The van der Waals surface area contributed by atoms with Crippen LogP contribution in [-0.4, -0.2) is 52.1 Å². The SMILES string of the molecule is Cc1cn2cc(NC(=O)N3CCc4c(N5C[C@@H](C)N[C@@H](C)C5)ccnc43)c(F)c(C)c2n1. The quantitative estimate of drug-likeness (QED) is 0.644. The average molecular weight is 438 g/mol. The summed E-state index contributed by atoms with van der Waals surface area (Å²) < 4.78 is 16.7. The van der Waals surface area contributed by atoms with Gasteiger partial charge in [-0.05, 0) is 40.2 Å². The van der Waals surface area contributed by atoms with Gasteiger partial charge in [0.05, 0.1) is 11.4 Å². The number of aryl methyl sites for hydroxylation is 2. The van der Waals surface area contributed by atoms with Gasteiger partial charge in [0, 0.05) is 67.1 Å². The van der Waals surface area contributed by atoms with Gasteiger partial charge in [-0.15, -0.1) is 0 Å². The van der Waals surface area contributed by atoms with Crippen LogP contribution < -0.4 is 20.4 Å². The first kappa shape index (κ1) is 20.7. The van der Waals surface area contributed by atoms with Crippen molar-refractivity contribution in [2.24, 2.45) is 0 Å². The van der Waals surface area contributed by atoms with Gasteiger partial charge in [0.25, 0.3) is 0 Å². The summed E-state index contributed by atoms with van der Waals surface area (Å²) in [5.41, 5.74) is 4.07. The van der Waals surface area contributed by atoms with Crippen LogP contribution in [0, 0.1) is 19.7 Å². The van der Waals surface area contributed by atoms with E-state index < -0.39 is 5.82 Å². The maximum absolute atomic E-state index is 14.9. The Balaban J connectivity index is 1.42. The number of hydrogen-bond acceptors (Lipinski definition) is 5. The van der Waals surface area contributed by atoms with E-state index in [2.05, 4.69) is 39.3 Å². The van der Waals surface area contributed by atoms with Crippen molar-refractivity contribution in [1.29, 1.82) is 0 Å². The minimum atomic E-state index is -0.471. The molecule has 0 unspecified atom stereocenters. The summed E-state index contributed by atoms with van der Waals surface area (Å²) in [6.07, 6.45) is 5.86. The topological polar surface area (TPSA) is 77.8 Å². The molecule has 2 atom stereocenters. The molecule has 0 saturated carbocycles. The highest BCUT2D eigenvalue weighted by Gasteiger charge is 2.32. The minimum Gasteiger partial charge on any atom is -0.368 e. The summed E-state index contributed by atoms with van der Waals surface area (Å²) in [5, 5.41) is 6.30. The molecule has 32 heavy (non-hydrogen) atoms. The number of pyridine rings is 2. The third-order valence-corrected chi connectivity index (χ3v) is 6.26. The van der Waals surface area contributed by atoms with Crippen molar-refractivity contribution in [1.82, 2.24) is 19.7 Å². The Kier molecular flexibility index (Phi) is 5.00. The Morgan fingerprint density at radius 2 is 1.97 bits per heavy atom. The van der Waals surface area contributed by atoms with E-state index in [1.54, 1.807) is 28.6 Å². The van der Waals surface area contributed by atoms with E-state index in [1.807, 2.05) is 19.2 Å². The zero-order valence-corrected chi connectivity index (χ0v) is 18.8. The van der Waals surface area contributed by atoms with E-state index >= 15 is 0 Å². The largest absolute Gasteiger partial charge is 0.368 e. The van der Waals surface area contributed by atoms with Gasteiger partial charge in [-0.2, -0.15) is 0 Å². The van der Waals surface area contributed by atoms with Gasteiger partial charge in [0.2, 0.25) is 0 Å². The number of anilines is 3. The van der Waals surface area contributed by atoms with Crippen molar-refractivity contribution in [3.8, 4) is 0 Å². The molecule has 1 fully saturated rings. The maximum atomic E-state index is 14.9. The second-order valence-corrected chi connectivity index (χ2v) is 8.93. The first-order valence-corrected chi connectivity index (χ1v) is 11.0. The molecule has 2 amide bonds. The predicted octanol–water partition coefficient (Wildman–Crippen LogP) is 3.27. The molecule has 2 aliphatic heterocycles. The number of carbonyl (C=O) groups is 1. The predicted molar refractivity (Wildman–Crippen MR) is 123 cm³/mol. The van der Waals surface area contributed by atoms with Gasteiger partial charge in [0.1, 0.15) is 11.5 Å². The van der Waals surface area contributed by atoms with Gasteiger partial charge in [-0.25, -0.2) is 19.2 Å². The number of nitrogens with zero attached hydrogens (tertiary/aromatic N) is 5. The van der Waals surface area contributed by atoms with Crippen LogP contribution in [0.4, 0.5) is 26.4 Å². The summed E-state index contributed by atoms with van der Waals surface area (Å²) in [4.78, 5) is 26.0. The van der Waals surface area contributed by atoms with Crippen molar-refractivity contribution in [3.05, 3.63) is 47.3 Å². The summed E-state index contributed by atoms with van der Waals surface area (Å²) in [6.45, 7) is 10.2. The van der Waals surface area contributed by atoms with E-state index in [4.69, 9.17) is 0 Å². The van der Waals surface area contributed by atoms with Crippen LogP contribution in [0.15, 0.2) is 24.7 Å². The highest BCUT2D eigenvalue weighted by molar-refractivity contribution is 6.03. The van der Waals surface area contributed by atoms with Crippen LogP contribution in [0.25, 0.3) is 5.65 Å². The molecule has 1 saturated heterocycles. The zero-order chi connectivity index (χ0) is 22.6. The number of urea groups is 1. The fraction of sp³-hybridized carbons (Fsp3) is 0.435. The zero-order valence-electron chi connectivity index (χ0n) is 18.8. The normalized spacial score (nSPS) is 20.7. The van der Waals surface area contributed by atoms with Crippen LogP contribution in [0.3, 0.4) is 0 Å². The molecule has 3 aromatic rings. The number of piperazine rings is 1. The Morgan fingerprint density at radius 1 is 1.22 bits per heavy atom. The molecule has 5 rings (SSSR count). The van der Waals surface area contributed by atoms with Crippen molar-refractivity contribution in [3.63, 3.8) is 0 Å². The molecule has 5 heterocycles. The van der Waals surface area contributed by atoms with Gasteiger partial charge >= 0.3 is 6.03 Å². The molecule has 2 aliphatic rings. The smallest absolute Gasteiger partial charge is 0.327 e. The van der Waals surface area contributed by atoms with Gasteiger partial charge in [-0.1, -0.05) is 0 Å². The number of hydrogen-bond donors (Lipinski definition) is 2. The highest BCUT2D eigenvalue weighted by Crippen LogP contribution is 2.35. The molecule has 2 N–H and O–H groups in total. The molecular weight excluding hydrogens is 409 g/mol. The standard InChI is InChI=1S/C23H28FN7O/c1-13-9-29(10-14(2)26-13)19-5-7-25-22-17(19)6-8-31(22)23(32)28-18-12-30-11-15(3)27-21(30)16(4)20(18)24/h5,7,11-14,26H,6,8-10H2,1-4H3,(H,28,32)/t13-,14+. The van der Waals surface area contributed by atoms with Crippen LogP contribution in [0.1, 0.15) is 30.7 Å². The number of carbonyl (C=O) groups excluding carboxylic acids is 1. The molecule has 0 aliphatic carbocycles. The lowest BCUT2D eigenvalue weighted by atomic mass is 10.1. The molecule has 3 aromatic heterocycles. The van der Waals surface area contributed by atoms with Crippen LogP contribution in [0.5, 0.6) is 0 Å².